The Balaban J connectivity index is 2.10. The Kier molecular flexibility index (Phi) is 3.87. The molecule has 2 aromatic rings. The molecule has 0 saturated carbocycles. The first-order chi connectivity index (χ1) is 8.35. The fourth-order valence-corrected chi connectivity index (χ4v) is 1.83. The summed E-state index contributed by atoms with van der Waals surface area (Å²) in [5, 5.41) is 7.46. The lowest BCUT2D eigenvalue weighted by Gasteiger charge is -2.13. The molecule has 2 rings (SSSR count). The maximum Gasteiger partial charge on any atom is 0.138 e. The maximum absolute atomic E-state index is 4.30. The van der Waals surface area contributed by atoms with Crippen LogP contribution in [0.25, 0.3) is 0 Å². The van der Waals surface area contributed by atoms with Gasteiger partial charge in [0.25, 0.3) is 0 Å². The highest BCUT2D eigenvalue weighted by atomic mass is 15.3. The Bertz CT molecular complexity index is 433. The molecule has 2 aromatic heterocycles. The van der Waals surface area contributed by atoms with Gasteiger partial charge in [-0.05, 0) is 13.5 Å². The summed E-state index contributed by atoms with van der Waals surface area (Å²) < 4.78 is 1.95. The van der Waals surface area contributed by atoms with E-state index in [9.17, 15) is 0 Å². The fraction of sp³-hybridized carbons (Fsp3) is 0.545. The van der Waals surface area contributed by atoms with Gasteiger partial charge in [-0.15, -0.1) is 0 Å². The molecule has 0 aliphatic carbocycles. The SMILES string of the molecule is CCCn1ncnc1CC(NC)c1ncc[nH]1. The third kappa shape index (κ3) is 2.71. The van der Waals surface area contributed by atoms with Gasteiger partial charge in [0.15, 0.2) is 0 Å². The minimum Gasteiger partial charge on any atom is -0.347 e. The number of imidazole rings is 1. The number of nitrogens with one attached hydrogen (secondary N) is 2. The van der Waals surface area contributed by atoms with E-state index in [-0.39, 0.29) is 6.04 Å². The van der Waals surface area contributed by atoms with Crippen LogP contribution in [-0.2, 0) is 13.0 Å². The quantitative estimate of drug-likeness (QED) is 0.779. The highest BCUT2D eigenvalue weighted by molar-refractivity contribution is 5.00. The molecule has 2 heterocycles. The number of hydrogen-bond donors (Lipinski definition) is 2. The molecule has 6 nitrogen and oxygen atoms in total. The van der Waals surface area contributed by atoms with Gasteiger partial charge in [-0.3, -0.25) is 4.68 Å². The van der Waals surface area contributed by atoms with E-state index in [1.807, 2.05) is 17.9 Å². The number of aromatic nitrogens is 5. The molecule has 0 fully saturated rings. The van der Waals surface area contributed by atoms with E-state index in [0.717, 1.165) is 31.0 Å². The zero-order chi connectivity index (χ0) is 12.1. The number of aromatic amines is 1. The van der Waals surface area contributed by atoms with Crippen LogP contribution in [0, 0.1) is 0 Å². The van der Waals surface area contributed by atoms with Gasteiger partial charge in [0.2, 0.25) is 0 Å². The highest BCUT2D eigenvalue weighted by Crippen LogP contribution is 2.12. The minimum atomic E-state index is 0.143. The minimum absolute atomic E-state index is 0.143. The standard InChI is InChI=1S/C11H18N6/c1-3-6-17-10(15-8-16-17)7-9(12-2)11-13-4-5-14-11/h4-5,8-9,12H,3,6-7H2,1-2H3,(H,13,14). The lowest BCUT2D eigenvalue weighted by Crippen LogP contribution is -2.22. The molecule has 92 valence electrons. The van der Waals surface area contributed by atoms with Crippen molar-refractivity contribution in [3.63, 3.8) is 0 Å². The molecule has 0 amide bonds. The fourth-order valence-electron chi connectivity index (χ4n) is 1.83. The van der Waals surface area contributed by atoms with Gasteiger partial charge in [0.1, 0.15) is 18.0 Å². The van der Waals surface area contributed by atoms with E-state index in [0.29, 0.717) is 0 Å². The lowest BCUT2D eigenvalue weighted by atomic mass is 10.2. The maximum atomic E-state index is 4.30. The summed E-state index contributed by atoms with van der Waals surface area (Å²) in [6, 6.07) is 0.143. The van der Waals surface area contributed by atoms with Crippen LogP contribution in [0.1, 0.15) is 31.0 Å². The van der Waals surface area contributed by atoms with Crippen LogP contribution in [0.3, 0.4) is 0 Å². The highest BCUT2D eigenvalue weighted by Gasteiger charge is 2.15. The molecule has 17 heavy (non-hydrogen) atoms. The molecule has 0 bridgehead atoms. The van der Waals surface area contributed by atoms with Gasteiger partial charge < -0.3 is 10.3 Å². The molecule has 1 unspecified atom stereocenters. The van der Waals surface area contributed by atoms with Crippen molar-refractivity contribution in [2.24, 2.45) is 0 Å². The van der Waals surface area contributed by atoms with E-state index < -0.39 is 0 Å². The Hall–Kier alpha value is -1.69. The van der Waals surface area contributed by atoms with Crippen molar-refractivity contribution in [3.8, 4) is 0 Å². The summed E-state index contributed by atoms with van der Waals surface area (Å²) in [5.74, 6) is 1.92. The number of rotatable bonds is 6. The van der Waals surface area contributed by atoms with E-state index in [1.54, 1.807) is 12.5 Å². The van der Waals surface area contributed by atoms with Crippen molar-refractivity contribution < 1.29 is 0 Å². The number of H-pyrrole nitrogens is 1. The summed E-state index contributed by atoms with van der Waals surface area (Å²) >= 11 is 0. The van der Waals surface area contributed by atoms with Gasteiger partial charge in [-0.25, -0.2) is 9.97 Å². The van der Waals surface area contributed by atoms with Crippen LogP contribution in [0.2, 0.25) is 0 Å². The molecular formula is C11H18N6. The summed E-state index contributed by atoms with van der Waals surface area (Å²) in [7, 11) is 1.92. The Morgan fingerprint density at radius 1 is 1.47 bits per heavy atom. The molecule has 0 aliphatic rings. The number of aryl methyl sites for hydroxylation is 1. The molecule has 1 atom stereocenters. The third-order valence-electron chi connectivity index (χ3n) is 2.72. The average Bonchev–Trinajstić information content (AvgIpc) is 2.97. The zero-order valence-corrected chi connectivity index (χ0v) is 10.2. The Labute approximate surface area is 100 Å². The summed E-state index contributed by atoms with van der Waals surface area (Å²) in [6.07, 6.45) is 7.04. The van der Waals surface area contributed by atoms with Crippen LogP contribution < -0.4 is 5.32 Å². The number of hydrogen-bond acceptors (Lipinski definition) is 4. The predicted molar refractivity (Wildman–Crippen MR) is 64.4 cm³/mol. The first-order valence-electron chi connectivity index (χ1n) is 5.88. The Morgan fingerprint density at radius 3 is 3.00 bits per heavy atom. The van der Waals surface area contributed by atoms with E-state index >= 15 is 0 Å². The number of likely N-dealkylation sites (N-methyl/N-ethyl adjacent to an activating group) is 1. The normalized spacial score (nSPS) is 12.8. The summed E-state index contributed by atoms with van der Waals surface area (Å²) in [4.78, 5) is 11.7. The van der Waals surface area contributed by atoms with Crippen LogP contribution in [-0.4, -0.2) is 31.8 Å². The van der Waals surface area contributed by atoms with Gasteiger partial charge in [-0.2, -0.15) is 5.10 Å². The van der Waals surface area contributed by atoms with Crippen molar-refractivity contribution >= 4 is 0 Å². The zero-order valence-electron chi connectivity index (χ0n) is 10.2. The monoisotopic (exact) mass is 234 g/mol. The number of nitrogens with zero attached hydrogens (tertiary/aromatic N) is 4. The smallest absolute Gasteiger partial charge is 0.138 e. The largest absolute Gasteiger partial charge is 0.347 e. The van der Waals surface area contributed by atoms with Crippen molar-refractivity contribution in [2.75, 3.05) is 7.05 Å². The molecule has 0 radical (unpaired) electrons. The molecule has 0 aliphatic heterocycles. The van der Waals surface area contributed by atoms with E-state index in [4.69, 9.17) is 0 Å². The van der Waals surface area contributed by atoms with E-state index in [2.05, 4.69) is 32.3 Å². The first-order valence-corrected chi connectivity index (χ1v) is 5.88. The van der Waals surface area contributed by atoms with Gasteiger partial charge >= 0.3 is 0 Å². The molecule has 6 heteroatoms. The predicted octanol–water partition coefficient (Wildman–Crippen LogP) is 0.914. The van der Waals surface area contributed by atoms with E-state index in [1.165, 1.54) is 0 Å². The average molecular weight is 234 g/mol. The van der Waals surface area contributed by atoms with Crippen LogP contribution in [0.15, 0.2) is 18.7 Å². The molecule has 0 saturated heterocycles. The van der Waals surface area contributed by atoms with Crippen LogP contribution in [0.4, 0.5) is 0 Å². The lowest BCUT2D eigenvalue weighted by molar-refractivity contribution is 0.504. The topological polar surface area (TPSA) is 71.4 Å². The van der Waals surface area contributed by atoms with Crippen molar-refractivity contribution in [1.82, 2.24) is 30.0 Å². The van der Waals surface area contributed by atoms with Gasteiger partial charge in [0, 0.05) is 25.4 Å². The van der Waals surface area contributed by atoms with Crippen LogP contribution >= 0.6 is 0 Å². The molecule has 0 aromatic carbocycles. The summed E-state index contributed by atoms with van der Waals surface area (Å²) in [5.41, 5.74) is 0. The second-order valence-electron chi connectivity index (χ2n) is 3.92. The molecular weight excluding hydrogens is 216 g/mol. The second kappa shape index (κ2) is 5.58. The first kappa shape index (κ1) is 11.8. The third-order valence-corrected chi connectivity index (χ3v) is 2.72. The van der Waals surface area contributed by atoms with Gasteiger partial charge in [0.05, 0.1) is 6.04 Å². The van der Waals surface area contributed by atoms with Crippen molar-refractivity contribution in [2.45, 2.75) is 32.4 Å². The van der Waals surface area contributed by atoms with Crippen LogP contribution in [0.5, 0.6) is 0 Å². The molecule has 0 spiro atoms. The second-order valence-corrected chi connectivity index (χ2v) is 3.92. The van der Waals surface area contributed by atoms with Gasteiger partial charge in [-0.1, -0.05) is 6.92 Å². The molecule has 2 N–H and O–H groups in total. The summed E-state index contributed by atoms with van der Waals surface area (Å²) in [6.45, 7) is 3.04. The van der Waals surface area contributed by atoms with Crippen molar-refractivity contribution in [3.05, 3.63) is 30.4 Å². The van der Waals surface area contributed by atoms with Crippen molar-refractivity contribution in [1.29, 1.82) is 0 Å². The Morgan fingerprint density at radius 2 is 2.35 bits per heavy atom.